The lowest BCUT2D eigenvalue weighted by molar-refractivity contribution is 0.267. The summed E-state index contributed by atoms with van der Waals surface area (Å²) in [7, 11) is 0. The third-order valence-corrected chi connectivity index (χ3v) is 3.05. The van der Waals surface area contributed by atoms with Gasteiger partial charge in [-0.25, -0.2) is 0 Å². The predicted molar refractivity (Wildman–Crippen MR) is 81.1 cm³/mol. The van der Waals surface area contributed by atoms with E-state index in [1.54, 1.807) is 12.3 Å². The first kappa shape index (κ1) is 14.9. The molecule has 0 atom stereocenters. The molecule has 0 amide bonds. The van der Waals surface area contributed by atoms with Gasteiger partial charge in [0.05, 0.1) is 6.26 Å². The first-order chi connectivity index (χ1) is 9.44. The Morgan fingerprint density at radius 1 is 1.25 bits per heavy atom. The van der Waals surface area contributed by atoms with Gasteiger partial charge in [0.1, 0.15) is 18.1 Å². The molecule has 20 heavy (non-hydrogen) atoms. The van der Waals surface area contributed by atoms with Crippen molar-refractivity contribution < 1.29 is 9.15 Å². The van der Waals surface area contributed by atoms with Gasteiger partial charge in [-0.05, 0) is 45.0 Å². The summed E-state index contributed by atoms with van der Waals surface area (Å²) in [6.07, 6.45) is 1.69. The number of halogens is 1. The molecule has 1 aromatic carbocycles. The number of nitrogens with one attached hydrogen (secondary N) is 1. The van der Waals surface area contributed by atoms with E-state index in [1.807, 2.05) is 24.3 Å². The van der Waals surface area contributed by atoms with Crippen molar-refractivity contribution in [3.05, 3.63) is 52.9 Å². The molecule has 0 saturated carbocycles. The molecule has 0 unspecified atom stereocenters. The van der Waals surface area contributed by atoms with Crippen LogP contribution in [0.3, 0.4) is 0 Å². The van der Waals surface area contributed by atoms with E-state index in [9.17, 15) is 0 Å². The molecule has 1 N–H and O–H groups in total. The van der Waals surface area contributed by atoms with Crippen molar-refractivity contribution in [3.8, 4) is 5.75 Å². The predicted octanol–water partition coefficient (Wildman–Crippen LogP) is 4.40. The maximum absolute atomic E-state index is 5.92. The van der Waals surface area contributed by atoms with Gasteiger partial charge in [-0.2, -0.15) is 0 Å². The molecule has 0 bridgehead atoms. The van der Waals surface area contributed by atoms with E-state index < -0.39 is 0 Å². The minimum atomic E-state index is 0.0718. The number of hydrogen-bond acceptors (Lipinski definition) is 3. The second-order valence-corrected chi connectivity index (χ2v) is 6.16. The molecule has 0 fully saturated rings. The largest absolute Gasteiger partial charge is 0.486 e. The SMILES string of the molecule is CC(C)(C)NCc1ccoc1COc1cccc(Cl)c1. The fourth-order valence-electron chi connectivity index (χ4n) is 1.72. The van der Waals surface area contributed by atoms with Gasteiger partial charge in [-0.15, -0.1) is 0 Å². The minimum Gasteiger partial charge on any atom is -0.486 e. The lowest BCUT2D eigenvalue weighted by Crippen LogP contribution is -2.35. The molecule has 2 aromatic rings. The fourth-order valence-corrected chi connectivity index (χ4v) is 1.90. The van der Waals surface area contributed by atoms with Crippen molar-refractivity contribution >= 4 is 11.6 Å². The first-order valence-electron chi connectivity index (χ1n) is 6.63. The molecule has 0 saturated heterocycles. The van der Waals surface area contributed by atoms with Crippen molar-refractivity contribution in [2.45, 2.75) is 39.5 Å². The molecule has 0 aliphatic carbocycles. The highest BCUT2D eigenvalue weighted by Gasteiger charge is 2.12. The number of rotatable bonds is 5. The second-order valence-electron chi connectivity index (χ2n) is 5.72. The van der Waals surface area contributed by atoms with Crippen LogP contribution in [-0.4, -0.2) is 5.54 Å². The number of hydrogen-bond donors (Lipinski definition) is 1. The summed E-state index contributed by atoms with van der Waals surface area (Å²) in [5, 5.41) is 4.10. The number of benzene rings is 1. The van der Waals surface area contributed by atoms with Crippen molar-refractivity contribution in [1.29, 1.82) is 0 Å². The van der Waals surface area contributed by atoms with Crippen LogP contribution in [0.15, 0.2) is 41.0 Å². The molecule has 1 heterocycles. The first-order valence-corrected chi connectivity index (χ1v) is 7.00. The van der Waals surface area contributed by atoms with Crippen LogP contribution in [0, 0.1) is 0 Å². The van der Waals surface area contributed by atoms with Gasteiger partial charge in [0.2, 0.25) is 0 Å². The fraction of sp³-hybridized carbons (Fsp3) is 0.375. The van der Waals surface area contributed by atoms with Crippen LogP contribution >= 0.6 is 11.6 Å². The van der Waals surface area contributed by atoms with Gasteiger partial charge in [0, 0.05) is 22.7 Å². The summed E-state index contributed by atoms with van der Waals surface area (Å²) in [5.41, 5.74) is 1.18. The van der Waals surface area contributed by atoms with E-state index in [1.165, 1.54) is 0 Å². The Kier molecular flexibility index (Phi) is 4.73. The average molecular weight is 294 g/mol. The Labute approximate surface area is 124 Å². The molecule has 0 spiro atoms. The zero-order valence-corrected chi connectivity index (χ0v) is 12.8. The van der Waals surface area contributed by atoms with Crippen molar-refractivity contribution in [2.75, 3.05) is 0 Å². The minimum absolute atomic E-state index is 0.0718. The standard InChI is InChI=1S/C16H20ClNO2/c1-16(2,3)18-10-12-7-8-19-15(12)11-20-14-6-4-5-13(17)9-14/h4-9,18H,10-11H2,1-3H3. The molecule has 108 valence electrons. The molecule has 4 heteroatoms. The van der Waals surface area contributed by atoms with Crippen molar-refractivity contribution in [2.24, 2.45) is 0 Å². The molecular formula is C16H20ClNO2. The van der Waals surface area contributed by atoms with Crippen LogP contribution in [-0.2, 0) is 13.2 Å². The summed E-state index contributed by atoms with van der Waals surface area (Å²) in [6.45, 7) is 7.56. The maximum atomic E-state index is 5.92. The molecule has 1 aromatic heterocycles. The van der Waals surface area contributed by atoms with Crippen LogP contribution in [0.5, 0.6) is 5.75 Å². The van der Waals surface area contributed by atoms with Crippen LogP contribution < -0.4 is 10.1 Å². The summed E-state index contributed by atoms with van der Waals surface area (Å²) in [5.74, 6) is 1.57. The smallest absolute Gasteiger partial charge is 0.146 e. The average Bonchev–Trinajstić information content (AvgIpc) is 2.81. The van der Waals surface area contributed by atoms with E-state index in [2.05, 4.69) is 26.1 Å². The highest BCUT2D eigenvalue weighted by Crippen LogP contribution is 2.20. The molecule has 0 radical (unpaired) electrons. The zero-order valence-electron chi connectivity index (χ0n) is 12.1. The monoisotopic (exact) mass is 293 g/mol. The van der Waals surface area contributed by atoms with E-state index in [0.717, 1.165) is 23.6 Å². The highest BCUT2D eigenvalue weighted by atomic mass is 35.5. The van der Waals surface area contributed by atoms with Gasteiger partial charge in [-0.1, -0.05) is 17.7 Å². The Morgan fingerprint density at radius 3 is 2.75 bits per heavy atom. The maximum Gasteiger partial charge on any atom is 0.146 e. The number of furan rings is 1. The quantitative estimate of drug-likeness (QED) is 0.887. The van der Waals surface area contributed by atoms with Gasteiger partial charge in [-0.3, -0.25) is 0 Å². The van der Waals surface area contributed by atoms with Gasteiger partial charge >= 0.3 is 0 Å². The second kappa shape index (κ2) is 6.33. The Bertz CT molecular complexity index is 558. The van der Waals surface area contributed by atoms with E-state index in [-0.39, 0.29) is 5.54 Å². The summed E-state index contributed by atoms with van der Waals surface area (Å²) >= 11 is 5.92. The molecule has 2 rings (SSSR count). The van der Waals surface area contributed by atoms with Crippen molar-refractivity contribution in [1.82, 2.24) is 5.32 Å². The van der Waals surface area contributed by atoms with E-state index in [0.29, 0.717) is 11.6 Å². The van der Waals surface area contributed by atoms with Crippen LogP contribution in [0.1, 0.15) is 32.1 Å². The highest BCUT2D eigenvalue weighted by molar-refractivity contribution is 6.30. The van der Waals surface area contributed by atoms with Gasteiger partial charge < -0.3 is 14.5 Å². The summed E-state index contributed by atoms with van der Waals surface area (Å²) in [4.78, 5) is 0. The van der Waals surface area contributed by atoms with Crippen molar-refractivity contribution in [3.63, 3.8) is 0 Å². The topological polar surface area (TPSA) is 34.4 Å². The van der Waals surface area contributed by atoms with Gasteiger partial charge in [0.25, 0.3) is 0 Å². The lowest BCUT2D eigenvalue weighted by Gasteiger charge is -2.20. The Morgan fingerprint density at radius 2 is 2.05 bits per heavy atom. The molecule has 3 nitrogen and oxygen atoms in total. The molecular weight excluding hydrogens is 274 g/mol. The van der Waals surface area contributed by atoms with E-state index in [4.69, 9.17) is 20.8 Å². The summed E-state index contributed by atoms with van der Waals surface area (Å²) < 4.78 is 11.2. The zero-order chi connectivity index (χ0) is 14.6. The van der Waals surface area contributed by atoms with Crippen LogP contribution in [0.25, 0.3) is 0 Å². The Hall–Kier alpha value is -1.45. The third kappa shape index (κ3) is 4.58. The Balaban J connectivity index is 1.95. The van der Waals surface area contributed by atoms with Crippen LogP contribution in [0.4, 0.5) is 0 Å². The normalized spacial score (nSPS) is 11.6. The molecule has 0 aliphatic heterocycles. The van der Waals surface area contributed by atoms with Crippen LogP contribution in [0.2, 0.25) is 5.02 Å². The summed E-state index contributed by atoms with van der Waals surface area (Å²) in [6, 6.07) is 9.32. The molecule has 0 aliphatic rings. The van der Waals surface area contributed by atoms with E-state index >= 15 is 0 Å². The number of ether oxygens (including phenoxy) is 1. The lowest BCUT2D eigenvalue weighted by atomic mass is 10.1. The third-order valence-electron chi connectivity index (χ3n) is 2.81. The van der Waals surface area contributed by atoms with Gasteiger partial charge in [0.15, 0.2) is 0 Å².